The van der Waals surface area contributed by atoms with Crippen molar-refractivity contribution in [2.75, 3.05) is 18.1 Å². The van der Waals surface area contributed by atoms with E-state index in [9.17, 15) is 4.79 Å². The largest absolute Gasteiger partial charge is 0.359 e. The molecule has 0 unspecified atom stereocenters. The van der Waals surface area contributed by atoms with E-state index in [4.69, 9.17) is 9.72 Å². The summed E-state index contributed by atoms with van der Waals surface area (Å²) in [5, 5.41) is 12.0. The van der Waals surface area contributed by atoms with Gasteiger partial charge in [0.1, 0.15) is 18.9 Å². The molecule has 4 aromatic rings. The first-order valence-corrected chi connectivity index (χ1v) is 16.4. The highest BCUT2D eigenvalue weighted by Crippen LogP contribution is 2.29. The fraction of sp³-hybridized carbons (Fsp3) is 0.423. The van der Waals surface area contributed by atoms with Crippen LogP contribution in [0.3, 0.4) is 0 Å². The Morgan fingerprint density at radius 1 is 1.14 bits per heavy atom. The van der Waals surface area contributed by atoms with Crippen LogP contribution in [-0.2, 0) is 11.5 Å². The van der Waals surface area contributed by atoms with Gasteiger partial charge in [-0.2, -0.15) is 5.10 Å². The van der Waals surface area contributed by atoms with E-state index in [0.717, 1.165) is 29.3 Å². The van der Waals surface area contributed by atoms with E-state index in [2.05, 4.69) is 54.0 Å². The number of amides is 2. The smallest absolute Gasteiger partial charge is 0.323 e. The summed E-state index contributed by atoms with van der Waals surface area (Å²) in [6.07, 6.45) is 5.35. The Labute approximate surface area is 217 Å². The topological polar surface area (TPSA) is 102 Å². The number of fused-ring (bicyclic) bond motifs is 1. The Hall–Kier alpha value is -3.57. The maximum atomic E-state index is 12.5. The lowest BCUT2D eigenvalue weighted by molar-refractivity contribution is 0.0785. The normalized spacial score (nSPS) is 16.2. The predicted octanol–water partition coefficient (Wildman–Crippen LogP) is 4.52. The van der Waals surface area contributed by atoms with Crippen LogP contribution >= 0.6 is 0 Å². The van der Waals surface area contributed by atoms with Crippen LogP contribution < -0.4 is 10.2 Å². The average molecular weight is 519 g/mol. The average Bonchev–Trinajstić information content (AvgIpc) is 3.59. The van der Waals surface area contributed by atoms with Gasteiger partial charge in [-0.05, 0) is 23.6 Å². The number of rotatable bonds is 9. The second kappa shape index (κ2) is 10.1. The molecule has 1 aromatic carbocycles. The number of urea groups is 1. The van der Waals surface area contributed by atoms with Crippen LogP contribution in [0.25, 0.3) is 28.2 Å². The van der Waals surface area contributed by atoms with Gasteiger partial charge in [0.25, 0.3) is 0 Å². The number of nitrogens with one attached hydrogen (secondary N) is 1. The maximum absolute atomic E-state index is 12.5. The Bertz CT molecular complexity index is 1390. The third-order valence-electron chi connectivity index (χ3n) is 6.59. The Morgan fingerprint density at radius 2 is 1.89 bits per heavy atom. The zero-order valence-corrected chi connectivity index (χ0v) is 23.0. The number of hydrogen-bond acceptors (Lipinski definition) is 6. The second-order valence-corrected chi connectivity index (χ2v) is 16.6. The molecule has 4 heterocycles. The number of carbonyl (C=O) groups excluding carboxylic acids is 1. The van der Waals surface area contributed by atoms with Crippen molar-refractivity contribution in [2.24, 2.45) is 5.92 Å². The van der Waals surface area contributed by atoms with Crippen molar-refractivity contribution < 1.29 is 9.53 Å². The lowest BCUT2D eigenvalue weighted by Gasteiger charge is -2.25. The van der Waals surface area contributed by atoms with E-state index in [1.54, 1.807) is 26.6 Å². The molecule has 0 aliphatic carbocycles. The second-order valence-electron chi connectivity index (χ2n) is 11.0. The summed E-state index contributed by atoms with van der Waals surface area (Å²) in [6, 6.07) is 10.9. The predicted molar refractivity (Wildman–Crippen MR) is 146 cm³/mol. The molecule has 0 saturated carbocycles. The van der Waals surface area contributed by atoms with Gasteiger partial charge in [-0.25, -0.2) is 24.0 Å². The fourth-order valence-electron chi connectivity index (χ4n) is 4.35. The molecule has 1 aliphatic rings. The van der Waals surface area contributed by atoms with Gasteiger partial charge in [0.05, 0.1) is 12.2 Å². The monoisotopic (exact) mass is 518 g/mol. The van der Waals surface area contributed by atoms with Gasteiger partial charge in [-0.1, -0.05) is 57.8 Å². The third kappa shape index (κ3) is 5.42. The molecule has 37 heavy (non-hydrogen) atoms. The summed E-state index contributed by atoms with van der Waals surface area (Å²) in [7, 11) is -1.11. The van der Waals surface area contributed by atoms with Crippen LogP contribution in [0.2, 0.25) is 25.7 Å². The molecular formula is C26H34N8O2Si. The van der Waals surface area contributed by atoms with Crippen LogP contribution in [0.1, 0.15) is 13.8 Å². The molecule has 1 fully saturated rings. The Morgan fingerprint density at radius 3 is 2.62 bits per heavy atom. The molecule has 1 aliphatic heterocycles. The van der Waals surface area contributed by atoms with Crippen molar-refractivity contribution >= 4 is 25.6 Å². The van der Waals surface area contributed by atoms with Gasteiger partial charge in [0, 0.05) is 38.5 Å². The van der Waals surface area contributed by atoms with Crippen molar-refractivity contribution in [3.8, 4) is 22.5 Å². The van der Waals surface area contributed by atoms with E-state index < -0.39 is 8.07 Å². The summed E-state index contributed by atoms with van der Waals surface area (Å²) < 4.78 is 9.24. The minimum absolute atomic E-state index is 0.0613. The molecule has 2 amide bonds. The lowest BCUT2D eigenvalue weighted by Crippen LogP contribution is -2.38. The van der Waals surface area contributed by atoms with E-state index in [1.165, 1.54) is 0 Å². The summed E-state index contributed by atoms with van der Waals surface area (Å²) in [5.41, 5.74) is 3.49. The minimum atomic E-state index is -1.11. The third-order valence-corrected chi connectivity index (χ3v) is 8.30. The molecule has 1 N–H and O–H groups in total. The number of benzene rings is 1. The van der Waals surface area contributed by atoms with E-state index in [-0.39, 0.29) is 12.1 Å². The molecule has 3 aromatic heterocycles. The van der Waals surface area contributed by atoms with Gasteiger partial charge < -0.3 is 10.1 Å². The van der Waals surface area contributed by atoms with E-state index >= 15 is 0 Å². The van der Waals surface area contributed by atoms with Crippen LogP contribution in [0.4, 0.5) is 10.6 Å². The molecule has 0 bridgehead atoms. The molecule has 1 saturated heterocycles. The van der Waals surface area contributed by atoms with Crippen LogP contribution in [-0.4, -0.2) is 62.7 Å². The molecule has 5 rings (SSSR count). The van der Waals surface area contributed by atoms with Crippen LogP contribution in [0.15, 0.2) is 49.1 Å². The number of carbonyl (C=O) groups is 1. The molecule has 0 spiro atoms. The van der Waals surface area contributed by atoms with Crippen LogP contribution in [0, 0.1) is 5.92 Å². The standard InChI is InChI=1S/C26H34N8O2Si/c1-18(2)22-15-27-26(35)34(22)23-10-11-33-25(30-23)21(14-29-33)19-6-8-20(9-7-19)24-28-16-32(31-24)17-36-12-13-37(3,4)5/h6-11,14,16,18,22H,12-13,15,17H2,1-5H3,(H,27,35)/t22-/m1/s1. The molecule has 11 heteroatoms. The highest BCUT2D eigenvalue weighted by atomic mass is 28.3. The van der Waals surface area contributed by atoms with Gasteiger partial charge in [0.15, 0.2) is 11.5 Å². The number of ether oxygens (including phenoxy) is 1. The fourth-order valence-corrected chi connectivity index (χ4v) is 5.10. The summed E-state index contributed by atoms with van der Waals surface area (Å²) in [4.78, 5) is 23.6. The van der Waals surface area contributed by atoms with Crippen molar-refractivity contribution in [1.29, 1.82) is 0 Å². The summed E-state index contributed by atoms with van der Waals surface area (Å²) >= 11 is 0. The first kappa shape index (κ1) is 25.1. The first-order chi connectivity index (χ1) is 17.7. The van der Waals surface area contributed by atoms with Crippen molar-refractivity contribution in [1.82, 2.24) is 34.7 Å². The summed E-state index contributed by atoms with van der Waals surface area (Å²) in [6.45, 7) is 13.0. The maximum Gasteiger partial charge on any atom is 0.323 e. The van der Waals surface area contributed by atoms with Gasteiger partial charge in [-0.15, -0.1) is 5.10 Å². The zero-order chi connectivity index (χ0) is 26.2. The highest BCUT2D eigenvalue weighted by Gasteiger charge is 2.35. The SMILES string of the molecule is CC(C)[C@H]1CNC(=O)N1c1ccn2ncc(-c3ccc(-c4ncn(COCC[Si](C)(C)C)n4)cc3)c2n1. The number of hydrogen-bond donors (Lipinski definition) is 1. The summed E-state index contributed by atoms with van der Waals surface area (Å²) in [5.74, 6) is 1.59. The van der Waals surface area contributed by atoms with E-state index in [0.29, 0.717) is 36.5 Å². The quantitative estimate of drug-likeness (QED) is 0.258. The number of nitrogens with zero attached hydrogens (tertiary/aromatic N) is 7. The number of anilines is 1. The Balaban J connectivity index is 1.33. The molecule has 194 valence electrons. The van der Waals surface area contributed by atoms with Crippen molar-refractivity contribution in [2.45, 2.75) is 52.3 Å². The number of aromatic nitrogens is 6. The zero-order valence-electron chi connectivity index (χ0n) is 22.0. The first-order valence-electron chi connectivity index (χ1n) is 12.7. The van der Waals surface area contributed by atoms with E-state index in [1.807, 2.05) is 36.5 Å². The van der Waals surface area contributed by atoms with Gasteiger partial charge >= 0.3 is 6.03 Å². The molecule has 0 radical (unpaired) electrons. The molecule has 1 atom stereocenters. The lowest BCUT2D eigenvalue weighted by atomic mass is 10.0. The van der Waals surface area contributed by atoms with Crippen molar-refractivity contribution in [3.63, 3.8) is 0 Å². The molecular weight excluding hydrogens is 484 g/mol. The van der Waals surface area contributed by atoms with Crippen LogP contribution in [0.5, 0.6) is 0 Å². The molecule has 10 nitrogen and oxygen atoms in total. The van der Waals surface area contributed by atoms with Gasteiger partial charge in [-0.3, -0.25) is 4.90 Å². The highest BCUT2D eigenvalue weighted by molar-refractivity contribution is 6.76. The minimum Gasteiger partial charge on any atom is -0.359 e. The van der Waals surface area contributed by atoms with Gasteiger partial charge in [0.2, 0.25) is 0 Å². The van der Waals surface area contributed by atoms with Crippen molar-refractivity contribution in [3.05, 3.63) is 49.1 Å². The Kier molecular flexibility index (Phi) is 6.82.